The van der Waals surface area contributed by atoms with Crippen LogP contribution in [-0.4, -0.2) is 48.9 Å². The maximum Gasteiger partial charge on any atom is 0.245 e. The van der Waals surface area contributed by atoms with Crippen molar-refractivity contribution in [1.29, 1.82) is 0 Å². The van der Waals surface area contributed by atoms with E-state index in [2.05, 4.69) is 15.3 Å². The van der Waals surface area contributed by atoms with Crippen LogP contribution in [0.3, 0.4) is 0 Å². The van der Waals surface area contributed by atoms with E-state index in [0.29, 0.717) is 35.7 Å². The molecule has 116 valence electrons. The van der Waals surface area contributed by atoms with Gasteiger partial charge in [-0.25, -0.2) is 13.4 Å². The number of aromatic nitrogens is 2. The molecule has 0 spiro atoms. The zero-order valence-electron chi connectivity index (χ0n) is 11.2. The van der Waals surface area contributed by atoms with E-state index < -0.39 is 10.0 Å². The second-order valence-corrected chi connectivity index (χ2v) is 6.99. The van der Waals surface area contributed by atoms with Crippen LogP contribution in [0.15, 0.2) is 23.4 Å². The van der Waals surface area contributed by atoms with Crippen molar-refractivity contribution in [3.8, 4) is 0 Å². The number of sulfonamides is 1. The van der Waals surface area contributed by atoms with Gasteiger partial charge in [0, 0.05) is 32.0 Å². The van der Waals surface area contributed by atoms with Gasteiger partial charge in [0.2, 0.25) is 10.0 Å². The highest BCUT2D eigenvalue weighted by Gasteiger charge is 2.28. The van der Waals surface area contributed by atoms with Gasteiger partial charge in [0.1, 0.15) is 10.5 Å². The summed E-state index contributed by atoms with van der Waals surface area (Å²) in [6.07, 6.45) is 3.82. The van der Waals surface area contributed by atoms with Gasteiger partial charge >= 0.3 is 0 Å². The molecular weight excluding hydrogens is 335 g/mol. The van der Waals surface area contributed by atoms with Crippen molar-refractivity contribution >= 4 is 45.1 Å². The molecule has 6 nitrogen and oxygen atoms in total. The first-order chi connectivity index (χ1) is 9.60. The number of fused-ring (bicyclic) bond motifs is 1. The second kappa shape index (κ2) is 6.50. The summed E-state index contributed by atoms with van der Waals surface area (Å²) in [6.45, 7) is 2.47. The molecular formula is C12H16Cl2N4O2S. The normalized spacial score (nSPS) is 17.4. The Kier molecular flexibility index (Phi) is 5.11. The summed E-state index contributed by atoms with van der Waals surface area (Å²) in [4.78, 5) is 7.18. The minimum absolute atomic E-state index is 0. The largest absolute Gasteiger partial charge is 0.345 e. The average molecular weight is 351 g/mol. The van der Waals surface area contributed by atoms with Crippen LogP contribution in [-0.2, 0) is 10.0 Å². The van der Waals surface area contributed by atoms with E-state index in [1.54, 1.807) is 12.3 Å². The number of pyridine rings is 1. The molecule has 0 amide bonds. The molecule has 0 atom stereocenters. The Morgan fingerprint density at radius 1 is 1.29 bits per heavy atom. The van der Waals surface area contributed by atoms with E-state index >= 15 is 0 Å². The van der Waals surface area contributed by atoms with Crippen LogP contribution in [0, 0.1) is 0 Å². The van der Waals surface area contributed by atoms with Crippen LogP contribution < -0.4 is 5.32 Å². The molecule has 3 rings (SSSR count). The molecule has 21 heavy (non-hydrogen) atoms. The molecule has 2 N–H and O–H groups in total. The molecule has 1 aliphatic rings. The fourth-order valence-corrected chi connectivity index (χ4v) is 4.35. The Labute approximate surface area is 134 Å². The van der Waals surface area contributed by atoms with Crippen molar-refractivity contribution in [2.75, 3.05) is 26.2 Å². The molecule has 9 heteroatoms. The number of hydrogen-bond donors (Lipinski definition) is 2. The third-order valence-corrected chi connectivity index (χ3v) is 5.64. The number of nitrogens with one attached hydrogen (secondary N) is 2. The second-order valence-electron chi connectivity index (χ2n) is 4.68. The standard InChI is InChI=1S/C12H15ClN4O2S.ClH/c13-9-2-4-15-12-11(9)10(8-16-12)20(18,19)17-6-1-3-14-5-7-17;/h2,4,8,14H,1,3,5-7H2,(H,15,16);1H. The quantitative estimate of drug-likeness (QED) is 0.862. The minimum atomic E-state index is -3.55. The zero-order chi connectivity index (χ0) is 14.2. The van der Waals surface area contributed by atoms with Crippen LogP contribution in [0.4, 0.5) is 0 Å². The third kappa shape index (κ3) is 3.02. The van der Waals surface area contributed by atoms with Crippen LogP contribution in [0.1, 0.15) is 6.42 Å². The van der Waals surface area contributed by atoms with Crippen LogP contribution in [0.25, 0.3) is 11.0 Å². The lowest BCUT2D eigenvalue weighted by atomic mass is 10.3. The highest BCUT2D eigenvalue weighted by molar-refractivity contribution is 7.89. The molecule has 1 aliphatic heterocycles. The minimum Gasteiger partial charge on any atom is -0.345 e. The zero-order valence-corrected chi connectivity index (χ0v) is 13.6. The molecule has 2 aromatic heterocycles. The van der Waals surface area contributed by atoms with Gasteiger partial charge < -0.3 is 10.3 Å². The van der Waals surface area contributed by atoms with E-state index in [4.69, 9.17) is 11.6 Å². The van der Waals surface area contributed by atoms with Crippen LogP contribution in [0.2, 0.25) is 5.02 Å². The molecule has 1 saturated heterocycles. The number of rotatable bonds is 2. The van der Waals surface area contributed by atoms with Gasteiger partial charge in [-0.1, -0.05) is 11.6 Å². The topological polar surface area (TPSA) is 78.1 Å². The number of nitrogens with zero attached hydrogens (tertiary/aromatic N) is 2. The van der Waals surface area contributed by atoms with Gasteiger partial charge in [0.05, 0.1) is 10.4 Å². The number of aromatic amines is 1. The molecule has 0 aromatic carbocycles. The van der Waals surface area contributed by atoms with E-state index in [0.717, 1.165) is 13.0 Å². The van der Waals surface area contributed by atoms with E-state index in [9.17, 15) is 8.42 Å². The molecule has 3 heterocycles. The number of H-pyrrole nitrogens is 1. The average Bonchev–Trinajstić information content (AvgIpc) is 2.68. The molecule has 0 unspecified atom stereocenters. The Balaban J connectivity index is 0.00000161. The molecule has 0 radical (unpaired) electrons. The van der Waals surface area contributed by atoms with Gasteiger partial charge in [-0.15, -0.1) is 12.4 Å². The lowest BCUT2D eigenvalue weighted by molar-refractivity contribution is 0.432. The summed E-state index contributed by atoms with van der Waals surface area (Å²) < 4.78 is 27.0. The monoisotopic (exact) mass is 350 g/mol. The summed E-state index contributed by atoms with van der Waals surface area (Å²) in [6, 6.07) is 1.60. The van der Waals surface area contributed by atoms with Gasteiger partial charge in [-0.2, -0.15) is 4.31 Å². The SMILES string of the molecule is Cl.O=S(=O)(c1c[nH]c2nccc(Cl)c12)N1CCCNCC1. The summed E-state index contributed by atoms with van der Waals surface area (Å²) in [5.74, 6) is 0. The van der Waals surface area contributed by atoms with Gasteiger partial charge in [-0.3, -0.25) is 0 Å². The predicted octanol–water partition coefficient (Wildman–Crippen LogP) is 1.62. The first kappa shape index (κ1) is 16.5. The fourth-order valence-electron chi connectivity index (χ4n) is 2.39. The van der Waals surface area contributed by atoms with E-state index in [1.807, 2.05) is 0 Å². The van der Waals surface area contributed by atoms with Crippen molar-refractivity contribution in [2.45, 2.75) is 11.3 Å². The Morgan fingerprint density at radius 3 is 2.90 bits per heavy atom. The summed E-state index contributed by atoms with van der Waals surface area (Å²) in [5, 5.41) is 4.05. The maximum absolute atomic E-state index is 12.8. The van der Waals surface area contributed by atoms with Crippen molar-refractivity contribution in [1.82, 2.24) is 19.6 Å². The van der Waals surface area contributed by atoms with Crippen LogP contribution >= 0.6 is 24.0 Å². The highest BCUT2D eigenvalue weighted by Crippen LogP contribution is 2.30. The summed E-state index contributed by atoms with van der Waals surface area (Å²) in [7, 11) is -3.55. The Hall–Kier alpha value is -0.860. The number of hydrogen-bond acceptors (Lipinski definition) is 4. The summed E-state index contributed by atoms with van der Waals surface area (Å²) in [5.41, 5.74) is 0.490. The van der Waals surface area contributed by atoms with E-state index in [1.165, 1.54) is 10.5 Å². The van der Waals surface area contributed by atoms with Gasteiger partial charge in [0.25, 0.3) is 0 Å². The first-order valence-electron chi connectivity index (χ1n) is 6.43. The smallest absolute Gasteiger partial charge is 0.245 e. The fraction of sp³-hybridized carbons (Fsp3) is 0.417. The van der Waals surface area contributed by atoms with Crippen molar-refractivity contribution in [3.05, 3.63) is 23.5 Å². The lowest BCUT2D eigenvalue weighted by Gasteiger charge is -2.19. The van der Waals surface area contributed by atoms with Gasteiger partial charge in [0.15, 0.2) is 0 Å². The third-order valence-electron chi connectivity index (χ3n) is 3.40. The maximum atomic E-state index is 12.8. The first-order valence-corrected chi connectivity index (χ1v) is 8.25. The Bertz CT molecular complexity index is 724. The van der Waals surface area contributed by atoms with Crippen LogP contribution in [0.5, 0.6) is 0 Å². The summed E-state index contributed by atoms with van der Waals surface area (Å²) >= 11 is 6.13. The van der Waals surface area contributed by atoms with Crippen molar-refractivity contribution in [2.24, 2.45) is 0 Å². The predicted molar refractivity (Wildman–Crippen MR) is 84.6 cm³/mol. The highest BCUT2D eigenvalue weighted by atomic mass is 35.5. The lowest BCUT2D eigenvalue weighted by Crippen LogP contribution is -2.34. The van der Waals surface area contributed by atoms with Gasteiger partial charge in [-0.05, 0) is 19.0 Å². The Morgan fingerprint density at radius 2 is 2.10 bits per heavy atom. The molecule has 0 aliphatic carbocycles. The molecule has 0 bridgehead atoms. The van der Waals surface area contributed by atoms with Crippen molar-refractivity contribution < 1.29 is 8.42 Å². The van der Waals surface area contributed by atoms with Crippen molar-refractivity contribution in [3.63, 3.8) is 0 Å². The molecule has 0 saturated carbocycles. The molecule has 2 aromatic rings. The number of halogens is 2. The van der Waals surface area contributed by atoms with E-state index in [-0.39, 0.29) is 17.3 Å². The molecule has 1 fully saturated rings.